The van der Waals surface area contributed by atoms with Gasteiger partial charge >= 0.3 is 0 Å². The Bertz CT molecular complexity index is 1280. The topological polar surface area (TPSA) is 93.4 Å². The molecule has 0 spiro atoms. The van der Waals surface area contributed by atoms with Crippen LogP contribution in [0.2, 0.25) is 0 Å². The second kappa shape index (κ2) is 9.70. The van der Waals surface area contributed by atoms with Crippen molar-refractivity contribution in [2.24, 2.45) is 0 Å². The molecule has 1 amide bonds. The van der Waals surface area contributed by atoms with Crippen molar-refractivity contribution in [1.82, 2.24) is 24.6 Å². The maximum absolute atomic E-state index is 13.7. The highest BCUT2D eigenvalue weighted by atomic mass is 16.6. The molecule has 0 aliphatic heterocycles. The van der Waals surface area contributed by atoms with Crippen LogP contribution in [-0.4, -0.2) is 61.6 Å². The number of pyridine rings is 2. The van der Waals surface area contributed by atoms with E-state index in [0.717, 1.165) is 53.5 Å². The highest BCUT2D eigenvalue weighted by Gasteiger charge is 2.31. The number of hydrogen-bond acceptors (Lipinski definition) is 6. The van der Waals surface area contributed by atoms with E-state index in [0.29, 0.717) is 5.69 Å². The Morgan fingerprint density at radius 3 is 2.68 bits per heavy atom. The van der Waals surface area contributed by atoms with E-state index in [-0.39, 0.29) is 18.5 Å². The lowest BCUT2D eigenvalue weighted by atomic mass is 10.1. The van der Waals surface area contributed by atoms with Gasteiger partial charge in [-0.15, -0.1) is 0 Å². The number of carbonyl (C=O) groups is 1. The predicted octanol–water partition coefficient (Wildman–Crippen LogP) is 3.83. The van der Waals surface area contributed by atoms with Crippen LogP contribution in [0.1, 0.15) is 36.2 Å². The number of aliphatic hydroxyl groups is 1. The number of aromatic nitrogens is 4. The molecular formula is C26H27N5O3. The zero-order valence-electron chi connectivity index (χ0n) is 19.0. The minimum atomic E-state index is -1.05. The number of fused-ring (bicyclic) bond motifs is 1. The van der Waals surface area contributed by atoms with Crippen molar-refractivity contribution >= 4 is 16.8 Å². The van der Waals surface area contributed by atoms with Gasteiger partial charge in [0, 0.05) is 42.7 Å². The van der Waals surface area contributed by atoms with Crippen LogP contribution < -0.4 is 0 Å². The smallest absolute Gasteiger partial charge is 0.274 e. The van der Waals surface area contributed by atoms with Crippen LogP contribution in [0.4, 0.5) is 0 Å². The van der Waals surface area contributed by atoms with Gasteiger partial charge in [-0.1, -0.05) is 31.0 Å². The quantitative estimate of drug-likeness (QED) is 0.424. The largest absolute Gasteiger partial charge is 0.366 e. The molecule has 5 rings (SSSR count). The Morgan fingerprint density at radius 1 is 1.15 bits per heavy atom. The zero-order valence-corrected chi connectivity index (χ0v) is 19.0. The summed E-state index contributed by atoms with van der Waals surface area (Å²) in [5.74, 6) is -0.217. The molecule has 4 aromatic rings. The second-order valence-electron chi connectivity index (χ2n) is 8.50. The van der Waals surface area contributed by atoms with E-state index in [1.54, 1.807) is 34.2 Å². The molecule has 0 radical (unpaired) electrons. The fourth-order valence-corrected chi connectivity index (χ4v) is 4.66. The third-order valence-corrected chi connectivity index (χ3v) is 6.40. The number of carbonyl (C=O) groups excluding carboxylic acids is 1. The van der Waals surface area contributed by atoms with Crippen molar-refractivity contribution in [2.45, 2.75) is 38.0 Å². The summed E-state index contributed by atoms with van der Waals surface area (Å²) in [5.41, 5.74) is 3.55. The Morgan fingerprint density at radius 2 is 1.91 bits per heavy atom. The number of nitrogens with zero attached hydrogens (tertiary/aromatic N) is 5. The molecule has 8 heteroatoms. The van der Waals surface area contributed by atoms with Gasteiger partial charge in [-0.25, -0.2) is 4.68 Å². The molecule has 1 aliphatic carbocycles. The lowest BCUT2D eigenvalue weighted by Gasteiger charge is -2.29. The van der Waals surface area contributed by atoms with Gasteiger partial charge in [0.25, 0.3) is 5.91 Å². The van der Waals surface area contributed by atoms with Crippen molar-refractivity contribution in [3.05, 3.63) is 72.8 Å². The number of hydrogen-bond donors (Lipinski definition) is 1. The molecule has 0 saturated heterocycles. The Balaban J connectivity index is 1.62. The summed E-state index contributed by atoms with van der Waals surface area (Å²) < 4.78 is 6.84. The number of methoxy groups -OCH3 is 1. The van der Waals surface area contributed by atoms with Crippen LogP contribution in [0.5, 0.6) is 0 Å². The lowest BCUT2D eigenvalue weighted by Crippen LogP contribution is -2.44. The summed E-state index contributed by atoms with van der Waals surface area (Å²) in [6.45, 7) is 0.104. The lowest BCUT2D eigenvalue weighted by molar-refractivity contribution is -0.0902. The van der Waals surface area contributed by atoms with Gasteiger partial charge in [0.15, 0.2) is 12.0 Å². The summed E-state index contributed by atoms with van der Waals surface area (Å²) in [7, 11) is 1.44. The second-order valence-corrected chi connectivity index (χ2v) is 8.50. The van der Waals surface area contributed by atoms with Crippen molar-refractivity contribution in [1.29, 1.82) is 0 Å². The predicted molar refractivity (Wildman–Crippen MR) is 128 cm³/mol. The average Bonchev–Trinajstić information content (AvgIpc) is 3.58. The van der Waals surface area contributed by atoms with E-state index in [1.165, 1.54) is 7.11 Å². The summed E-state index contributed by atoms with van der Waals surface area (Å²) >= 11 is 0. The third kappa shape index (κ3) is 4.30. The molecular weight excluding hydrogens is 430 g/mol. The molecule has 8 nitrogen and oxygen atoms in total. The molecule has 3 heterocycles. The summed E-state index contributed by atoms with van der Waals surface area (Å²) in [4.78, 5) is 24.2. The van der Waals surface area contributed by atoms with E-state index in [1.807, 2.05) is 42.5 Å². The molecule has 1 saturated carbocycles. The Kier molecular flexibility index (Phi) is 6.33. The van der Waals surface area contributed by atoms with Gasteiger partial charge in [-0.05, 0) is 43.2 Å². The van der Waals surface area contributed by atoms with Crippen molar-refractivity contribution in [3.8, 4) is 16.9 Å². The van der Waals surface area contributed by atoms with Crippen LogP contribution >= 0.6 is 0 Å². The monoisotopic (exact) mass is 457 g/mol. The van der Waals surface area contributed by atoms with Crippen LogP contribution in [0, 0.1) is 0 Å². The van der Waals surface area contributed by atoms with E-state index in [2.05, 4.69) is 9.97 Å². The van der Waals surface area contributed by atoms with Crippen LogP contribution in [-0.2, 0) is 4.74 Å². The average molecular weight is 458 g/mol. The van der Waals surface area contributed by atoms with E-state index >= 15 is 0 Å². The molecule has 174 valence electrons. The minimum absolute atomic E-state index is 0.0612. The summed E-state index contributed by atoms with van der Waals surface area (Å²) in [6.07, 6.45) is 8.09. The molecule has 1 aliphatic rings. The number of aliphatic hydroxyl groups excluding tert-OH is 1. The first-order chi connectivity index (χ1) is 16.7. The first-order valence-corrected chi connectivity index (χ1v) is 11.5. The normalized spacial score (nSPS) is 15.0. The van der Waals surface area contributed by atoms with E-state index in [9.17, 15) is 9.90 Å². The molecule has 1 N–H and O–H groups in total. The molecule has 34 heavy (non-hydrogen) atoms. The van der Waals surface area contributed by atoms with Crippen molar-refractivity contribution in [2.75, 3.05) is 13.7 Å². The maximum Gasteiger partial charge on any atom is 0.274 e. The summed E-state index contributed by atoms with van der Waals surface area (Å²) in [6, 6.07) is 15.5. The van der Waals surface area contributed by atoms with Crippen molar-refractivity contribution < 1.29 is 14.6 Å². The first kappa shape index (κ1) is 22.2. The number of benzene rings is 1. The fraction of sp³-hybridized carbons (Fsp3) is 0.308. The summed E-state index contributed by atoms with van der Waals surface area (Å²) in [5, 5.41) is 15.9. The van der Waals surface area contributed by atoms with Gasteiger partial charge in [0.05, 0.1) is 23.4 Å². The SMILES string of the molecule is COC(O)CN(C(=O)c1cc(-c2ccncc2)n(-c2cccc3cccnc23)n1)C1CCCC1. The van der Waals surface area contributed by atoms with Gasteiger partial charge in [0.2, 0.25) is 0 Å². The zero-order chi connectivity index (χ0) is 23.5. The number of rotatable bonds is 7. The standard InChI is InChI=1S/C26H27N5O3/c1-34-24(32)17-30(20-8-2-3-9-20)26(33)21-16-23(18-11-14-27-15-12-18)31(29-21)22-10-4-6-19-7-5-13-28-25(19)22/h4-7,10-16,20,24,32H,2-3,8-9,17H2,1H3. The number of para-hydroxylation sites is 1. The van der Waals surface area contributed by atoms with Gasteiger partial charge in [-0.3, -0.25) is 14.8 Å². The number of amides is 1. The Labute approximate surface area is 197 Å². The highest BCUT2D eigenvalue weighted by Crippen LogP contribution is 2.30. The molecule has 1 atom stereocenters. The van der Waals surface area contributed by atoms with Crippen LogP contribution in [0.3, 0.4) is 0 Å². The van der Waals surface area contributed by atoms with Gasteiger partial charge in [0.1, 0.15) is 0 Å². The molecule has 0 bridgehead atoms. The molecule has 3 aromatic heterocycles. The first-order valence-electron chi connectivity index (χ1n) is 11.5. The van der Waals surface area contributed by atoms with Gasteiger partial charge < -0.3 is 14.7 Å². The molecule has 1 unspecified atom stereocenters. The molecule has 1 fully saturated rings. The van der Waals surface area contributed by atoms with Crippen LogP contribution in [0.25, 0.3) is 27.8 Å². The minimum Gasteiger partial charge on any atom is -0.366 e. The van der Waals surface area contributed by atoms with E-state index < -0.39 is 6.29 Å². The van der Waals surface area contributed by atoms with E-state index in [4.69, 9.17) is 9.84 Å². The maximum atomic E-state index is 13.7. The van der Waals surface area contributed by atoms with Gasteiger partial charge in [-0.2, -0.15) is 5.10 Å². The fourth-order valence-electron chi connectivity index (χ4n) is 4.66. The van der Waals surface area contributed by atoms with Crippen LogP contribution in [0.15, 0.2) is 67.1 Å². The Hall–Kier alpha value is -3.62. The van der Waals surface area contributed by atoms with Crippen molar-refractivity contribution in [3.63, 3.8) is 0 Å². The number of ether oxygens (including phenoxy) is 1. The molecule has 1 aromatic carbocycles. The highest BCUT2D eigenvalue weighted by molar-refractivity contribution is 5.94. The third-order valence-electron chi connectivity index (χ3n) is 6.40.